The van der Waals surface area contributed by atoms with Crippen LogP contribution < -0.4 is 5.73 Å². The number of nitrogens with two attached hydrogens (primary N) is 1. The molecule has 17 heavy (non-hydrogen) atoms. The molecule has 0 aromatic rings. The molecular weight excluding hydrogens is 218 g/mol. The lowest BCUT2D eigenvalue weighted by atomic mass is 9.53. The molecule has 0 heterocycles. The number of carbonyl (C=O) groups is 1. The van der Waals surface area contributed by atoms with Crippen molar-refractivity contribution in [3.8, 4) is 0 Å². The molecule has 0 aliphatic heterocycles. The highest BCUT2D eigenvalue weighted by molar-refractivity contribution is 5.74. The molecule has 2 N–H and O–H groups in total. The fraction of sp³-hybridized carbons (Fsp3) is 0.923. The second-order valence-electron chi connectivity index (χ2n) is 6.12. The van der Waals surface area contributed by atoms with E-state index in [2.05, 4.69) is 0 Å². The highest BCUT2D eigenvalue weighted by atomic mass is 16.7. The third-order valence-corrected chi connectivity index (χ3v) is 5.13. The second kappa shape index (κ2) is 3.95. The number of methoxy groups -OCH3 is 1. The number of amides is 1. The Balaban J connectivity index is 1.53. The zero-order valence-electron chi connectivity index (χ0n) is 10.4. The van der Waals surface area contributed by atoms with Gasteiger partial charge in [0, 0.05) is 7.11 Å². The molecule has 3 aliphatic rings. The van der Waals surface area contributed by atoms with Gasteiger partial charge in [0.15, 0.2) is 6.29 Å². The van der Waals surface area contributed by atoms with Gasteiger partial charge in [0.25, 0.3) is 0 Å². The van der Waals surface area contributed by atoms with E-state index in [0.29, 0.717) is 5.41 Å². The predicted octanol–water partition coefficient (Wildman–Crippen LogP) is 1.29. The Morgan fingerprint density at radius 1 is 1.47 bits per heavy atom. The molecule has 0 spiro atoms. The molecule has 0 radical (unpaired) electrons. The van der Waals surface area contributed by atoms with Gasteiger partial charge < -0.3 is 15.2 Å². The van der Waals surface area contributed by atoms with Crippen LogP contribution in [0.5, 0.6) is 0 Å². The van der Waals surface area contributed by atoms with Gasteiger partial charge in [-0.15, -0.1) is 0 Å². The molecule has 0 aromatic carbocycles. The summed E-state index contributed by atoms with van der Waals surface area (Å²) in [5.74, 6) is 2.43. The average molecular weight is 239 g/mol. The number of hydrogen-bond donors (Lipinski definition) is 1. The average Bonchev–Trinajstić information content (AvgIpc) is 2.75. The number of hydrogen-bond acceptors (Lipinski definition) is 3. The smallest absolute Gasteiger partial charge is 0.222 e. The molecule has 1 amide bonds. The standard InChI is InChI=1S/C13H21NO3/c1-16-12(4-11(14)15)17-7-13-5-8-2-9(6-13)10(13)3-8/h8-10,12H,2-7H2,1H3,(H2,14,15). The van der Waals surface area contributed by atoms with E-state index in [1.807, 2.05) is 0 Å². The van der Waals surface area contributed by atoms with Crippen molar-refractivity contribution in [2.75, 3.05) is 13.7 Å². The highest BCUT2D eigenvalue weighted by Crippen LogP contribution is 2.70. The lowest BCUT2D eigenvalue weighted by molar-refractivity contribution is -0.185. The van der Waals surface area contributed by atoms with Crippen LogP contribution in [0, 0.1) is 23.2 Å². The molecule has 2 bridgehead atoms. The van der Waals surface area contributed by atoms with E-state index in [1.165, 1.54) is 25.7 Å². The molecule has 3 aliphatic carbocycles. The second-order valence-corrected chi connectivity index (χ2v) is 6.12. The van der Waals surface area contributed by atoms with E-state index in [4.69, 9.17) is 15.2 Å². The van der Waals surface area contributed by atoms with Gasteiger partial charge in [-0.05, 0) is 48.9 Å². The monoisotopic (exact) mass is 239 g/mol. The third kappa shape index (κ3) is 1.78. The Labute approximate surface area is 102 Å². The van der Waals surface area contributed by atoms with E-state index in [0.717, 1.165) is 24.4 Å². The quantitative estimate of drug-likeness (QED) is 0.710. The zero-order chi connectivity index (χ0) is 12.0. The topological polar surface area (TPSA) is 61.5 Å². The molecule has 0 saturated heterocycles. The summed E-state index contributed by atoms with van der Waals surface area (Å²) in [5, 5.41) is 0. The molecule has 3 fully saturated rings. The third-order valence-electron chi connectivity index (χ3n) is 5.13. The summed E-state index contributed by atoms with van der Waals surface area (Å²) in [6.45, 7) is 0.746. The number of fused-ring (bicyclic) bond motifs is 1. The van der Waals surface area contributed by atoms with Gasteiger partial charge in [-0.3, -0.25) is 4.79 Å². The summed E-state index contributed by atoms with van der Waals surface area (Å²) in [4.78, 5) is 10.8. The van der Waals surface area contributed by atoms with Crippen LogP contribution >= 0.6 is 0 Å². The van der Waals surface area contributed by atoms with Crippen LogP contribution in [-0.4, -0.2) is 25.9 Å². The molecule has 4 heteroatoms. The lowest BCUT2D eigenvalue weighted by Crippen LogP contribution is -2.49. The Kier molecular flexibility index (Phi) is 2.67. The summed E-state index contributed by atoms with van der Waals surface area (Å²) in [7, 11) is 1.57. The summed E-state index contributed by atoms with van der Waals surface area (Å²) in [6.07, 6.45) is 5.19. The first kappa shape index (κ1) is 11.5. The molecular formula is C13H21NO3. The minimum Gasteiger partial charge on any atom is -0.370 e. The molecule has 3 saturated carbocycles. The van der Waals surface area contributed by atoms with Crippen molar-refractivity contribution in [1.29, 1.82) is 0 Å². The fourth-order valence-electron chi connectivity index (χ4n) is 4.56. The minimum absolute atomic E-state index is 0.157. The lowest BCUT2D eigenvalue weighted by Gasteiger charge is -2.53. The van der Waals surface area contributed by atoms with E-state index < -0.39 is 6.29 Å². The summed E-state index contributed by atoms with van der Waals surface area (Å²) < 4.78 is 10.9. The first-order valence-corrected chi connectivity index (χ1v) is 6.56. The van der Waals surface area contributed by atoms with Crippen LogP contribution in [0.15, 0.2) is 0 Å². The van der Waals surface area contributed by atoms with Crippen LogP contribution in [-0.2, 0) is 14.3 Å². The maximum atomic E-state index is 10.8. The Morgan fingerprint density at radius 2 is 2.29 bits per heavy atom. The predicted molar refractivity (Wildman–Crippen MR) is 61.9 cm³/mol. The number of ether oxygens (including phenoxy) is 2. The molecule has 3 rings (SSSR count). The van der Waals surface area contributed by atoms with Gasteiger partial charge in [-0.2, -0.15) is 0 Å². The van der Waals surface area contributed by atoms with Crippen molar-refractivity contribution in [2.24, 2.45) is 28.9 Å². The maximum Gasteiger partial charge on any atom is 0.222 e. The number of primary amides is 1. The number of rotatable bonds is 6. The molecule has 5 unspecified atom stereocenters. The fourth-order valence-corrected chi connectivity index (χ4v) is 4.56. The Bertz CT molecular complexity index is 333. The van der Waals surface area contributed by atoms with Crippen molar-refractivity contribution >= 4 is 5.91 Å². The van der Waals surface area contributed by atoms with Gasteiger partial charge in [-0.1, -0.05) is 0 Å². The highest BCUT2D eigenvalue weighted by Gasteiger charge is 2.64. The van der Waals surface area contributed by atoms with E-state index in [1.54, 1.807) is 7.11 Å². The van der Waals surface area contributed by atoms with Gasteiger partial charge in [-0.25, -0.2) is 0 Å². The van der Waals surface area contributed by atoms with Crippen LogP contribution in [0.3, 0.4) is 0 Å². The van der Waals surface area contributed by atoms with E-state index in [-0.39, 0.29) is 12.3 Å². The van der Waals surface area contributed by atoms with Gasteiger partial charge in [0.2, 0.25) is 5.91 Å². The van der Waals surface area contributed by atoms with E-state index >= 15 is 0 Å². The molecule has 4 nitrogen and oxygen atoms in total. The van der Waals surface area contributed by atoms with Crippen molar-refractivity contribution in [2.45, 2.75) is 38.4 Å². The van der Waals surface area contributed by atoms with Crippen LogP contribution in [0.4, 0.5) is 0 Å². The van der Waals surface area contributed by atoms with Gasteiger partial charge >= 0.3 is 0 Å². The van der Waals surface area contributed by atoms with Crippen LogP contribution in [0.2, 0.25) is 0 Å². The minimum atomic E-state index is -0.458. The maximum absolute atomic E-state index is 10.8. The van der Waals surface area contributed by atoms with Crippen molar-refractivity contribution in [3.63, 3.8) is 0 Å². The zero-order valence-corrected chi connectivity index (χ0v) is 10.4. The first-order chi connectivity index (χ1) is 8.13. The summed E-state index contributed by atoms with van der Waals surface area (Å²) >= 11 is 0. The SMILES string of the molecule is COC(CC(N)=O)OCC12CC3CC(C1)C2C3. The summed E-state index contributed by atoms with van der Waals surface area (Å²) in [6, 6.07) is 0. The molecule has 5 atom stereocenters. The normalized spacial score (nSPS) is 43.5. The van der Waals surface area contributed by atoms with Crippen LogP contribution in [0.25, 0.3) is 0 Å². The summed E-state index contributed by atoms with van der Waals surface area (Å²) in [5.41, 5.74) is 5.58. The largest absolute Gasteiger partial charge is 0.370 e. The Morgan fingerprint density at radius 3 is 2.82 bits per heavy atom. The van der Waals surface area contributed by atoms with Gasteiger partial charge in [0.1, 0.15) is 0 Å². The van der Waals surface area contributed by atoms with Crippen molar-refractivity contribution < 1.29 is 14.3 Å². The molecule has 96 valence electrons. The van der Waals surface area contributed by atoms with Crippen molar-refractivity contribution in [1.82, 2.24) is 0 Å². The number of carbonyl (C=O) groups excluding carboxylic acids is 1. The van der Waals surface area contributed by atoms with Gasteiger partial charge in [0.05, 0.1) is 13.0 Å². The van der Waals surface area contributed by atoms with E-state index in [9.17, 15) is 4.79 Å². The molecule has 0 aromatic heterocycles. The first-order valence-electron chi connectivity index (χ1n) is 6.56. The Hall–Kier alpha value is -0.610. The van der Waals surface area contributed by atoms with Crippen molar-refractivity contribution in [3.05, 3.63) is 0 Å². The van der Waals surface area contributed by atoms with Crippen LogP contribution in [0.1, 0.15) is 32.1 Å².